The van der Waals surface area contributed by atoms with Gasteiger partial charge in [0, 0.05) is 24.3 Å². The van der Waals surface area contributed by atoms with Gasteiger partial charge in [0.15, 0.2) is 0 Å². The Morgan fingerprint density at radius 3 is 3.00 bits per heavy atom. The molecule has 2 aromatic heterocycles. The number of carboxylic acid groups (broad SMARTS) is 1. The monoisotopic (exact) mass is 282 g/mol. The Morgan fingerprint density at radius 1 is 1.47 bits per heavy atom. The molecule has 0 aliphatic heterocycles. The van der Waals surface area contributed by atoms with E-state index >= 15 is 0 Å². The normalized spacial score (nSPS) is 10.6. The molecule has 7 heteroatoms. The van der Waals surface area contributed by atoms with Crippen molar-refractivity contribution < 1.29 is 19.1 Å². The summed E-state index contributed by atoms with van der Waals surface area (Å²) in [5.41, 5.74) is 0. The van der Waals surface area contributed by atoms with Gasteiger partial charge < -0.3 is 14.3 Å². The summed E-state index contributed by atoms with van der Waals surface area (Å²) in [5, 5.41) is 18.3. The molecule has 0 spiro atoms. The zero-order chi connectivity index (χ0) is 13.7. The number of aryl methyl sites for hydroxylation is 1. The molecule has 6 nitrogen and oxygen atoms in total. The lowest BCUT2D eigenvalue weighted by molar-refractivity contribution is -0.137. The van der Waals surface area contributed by atoms with Crippen LogP contribution in [-0.4, -0.2) is 28.4 Å². The third-order valence-corrected chi connectivity index (χ3v) is 3.42. The molecule has 0 aliphatic rings. The van der Waals surface area contributed by atoms with Crippen LogP contribution in [0, 0.1) is 0 Å². The van der Waals surface area contributed by atoms with Gasteiger partial charge in [-0.25, -0.2) is 0 Å². The number of hydrogen-bond acceptors (Lipinski definition) is 6. The van der Waals surface area contributed by atoms with Gasteiger partial charge in [-0.2, -0.15) is 0 Å². The van der Waals surface area contributed by atoms with Gasteiger partial charge in [0.2, 0.25) is 5.89 Å². The van der Waals surface area contributed by atoms with Crippen LogP contribution in [0.1, 0.15) is 25.2 Å². The number of thiophene rings is 1. The molecule has 0 saturated carbocycles. The van der Waals surface area contributed by atoms with Gasteiger partial charge in [-0.15, -0.1) is 21.5 Å². The average molecular weight is 282 g/mol. The summed E-state index contributed by atoms with van der Waals surface area (Å²) in [6.45, 7) is 0. The predicted octanol–water partition coefficient (Wildman–Crippen LogP) is 2.60. The maximum atomic E-state index is 10.4. The van der Waals surface area contributed by atoms with Crippen molar-refractivity contribution in [2.45, 2.75) is 25.7 Å². The number of rotatable bonds is 7. The Labute approximate surface area is 114 Å². The van der Waals surface area contributed by atoms with Crippen LogP contribution in [0.25, 0.3) is 10.8 Å². The topological polar surface area (TPSA) is 85.5 Å². The van der Waals surface area contributed by atoms with E-state index in [2.05, 4.69) is 10.2 Å². The molecule has 1 N–H and O–H groups in total. The molecule has 0 saturated heterocycles. The first-order valence-electron chi connectivity index (χ1n) is 5.86. The molecule has 0 bridgehead atoms. The first-order chi connectivity index (χ1) is 9.19. The number of aromatic nitrogens is 2. The molecule has 2 heterocycles. The number of hydrogen-bond donors (Lipinski definition) is 1. The lowest BCUT2D eigenvalue weighted by Crippen LogP contribution is -1.95. The molecule has 102 valence electrons. The maximum absolute atomic E-state index is 10.4. The van der Waals surface area contributed by atoms with Gasteiger partial charge in [0.25, 0.3) is 5.89 Å². The number of carboxylic acids is 1. The van der Waals surface area contributed by atoms with E-state index in [0.29, 0.717) is 24.6 Å². The van der Waals surface area contributed by atoms with Gasteiger partial charge in [-0.3, -0.25) is 4.79 Å². The molecule has 0 radical (unpaired) electrons. The van der Waals surface area contributed by atoms with Crippen LogP contribution in [0.4, 0.5) is 0 Å². The van der Waals surface area contributed by atoms with Crippen LogP contribution >= 0.6 is 11.3 Å². The van der Waals surface area contributed by atoms with Gasteiger partial charge in [0.05, 0.1) is 12.0 Å². The third-order valence-electron chi connectivity index (χ3n) is 2.52. The summed E-state index contributed by atoms with van der Waals surface area (Å²) >= 11 is 1.47. The van der Waals surface area contributed by atoms with Gasteiger partial charge in [-0.05, 0) is 12.8 Å². The Hall–Kier alpha value is -1.89. The fourth-order valence-corrected chi connectivity index (χ4v) is 2.32. The molecule has 0 aliphatic carbocycles. The number of nitrogens with zero attached hydrogens (tertiary/aromatic N) is 2. The van der Waals surface area contributed by atoms with Crippen LogP contribution in [0.3, 0.4) is 0 Å². The average Bonchev–Trinajstić information content (AvgIpc) is 3.02. The van der Waals surface area contributed by atoms with E-state index in [1.165, 1.54) is 11.3 Å². The number of aliphatic carboxylic acids is 1. The van der Waals surface area contributed by atoms with Crippen LogP contribution in [0.2, 0.25) is 0 Å². The number of unbranched alkanes of at least 4 members (excludes halogenated alkanes) is 1. The summed E-state index contributed by atoms with van der Waals surface area (Å²) in [5.74, 6) is 0.993. The van der Waals surface area contributed by atoms with E-state index < -0.39 is 5.97 Å². The molecule has 19 heavy (non-hydrogen) atoms. The fourth-order valence-electron chi connectivity index (χ4n) is 1.54. The van der Waals surface area contributed by atoms with Crippen molar-refractivity contribution >= 4 is 17.3 Å². The molecule has 2 rings (SSSR count). The van der Waals surface area contributed by atoms with Crippen LogP contribution in [0.5, 0.6) is 5.75 Å². The second kappa shape index (κ2) is 6.33. The van der Waals surface area contributed by atoms with E-state index in [1.54, 1.807) is 7.11 Å². The Balaban J connectivity index is 1.89. The first kappa shape index (κ1) is 13.5. The summed E-state index contributed by atoms with van der Waals surface area (Å²) < 4.78 is 10.6. The van der Waals surface area contributed by atoms with Crippen molar-refractivity contribution in [3.8, 4) is 16.5 Å². The Kier molecular flexibility index (Phi) is 4.51. The van der Waals surface area contributed by atoms with Crippen molar-refractivity contribution in [2.24, 2.45) is 0 Å². The summed E-state index contributed by atoms with van der Waals surface area (Å²) in [6.07, 6.45) is 2.10. The fraction of sp³-hybridized carbons (Fsp3) is 0.417. The van der Waals surface area contributed by atoms with Gasteiger partial charge >= 0.3 is 5.97 Å². The Morgan fingerprint density at radius 2 is 2.32 bits per heavy atom. The highest BCUT2D eigenvalue weighted by Gasteiger charge is 2.11. The molecule has 0 fully saturated rings. The van der Waals surface area contributed by atoms with E-state index in [9.17, 15) is 4.79 Å². The SMILES string of the molecule is COc1csc(-c2nnc(CCCCC(=O)O)o2)c1. The minimum Gasteiger partial charge on any atom is -0.496 e. The predicted molar refractivity (Wildman–Crippen MR) is 69.4 cm³/mol. The van der Waals surface area contributed by atoms with Crippen molar-refractivity contribution in [3.63, 3.8) is 0 Å². The van der Waals surface area contributed by atoms with E-state index in [1.807, 2.05) is 11.4 Å². The van der Waals surface area contributed by atoms with Gasteiger partial charge in [0.1, 0.15) is 5.75 Å². The molecular weight excluding hydrogens is 268 g/mol. The molecule has 0 aromatic carbocycles. The molecular formula is C12H14N2O4S. The first-order valence-corrected chi connectivity index (χ1v) is 6.74. The van der Waals surface area contributed by atoms with Crippen molar-refractivity contribution in [1.82, 2.24) is 10.2 Å². The highest BCUT2D eigenvalue weighted by molar-refractivity contribution is 7.13. The molecule has 0 atom stereocenters. The molecule has 0 amide bonds. The van der Waals surface area contributed by atoms with E-state index in [0.717, 1.165) is 17.0 Å². The second-order valence-corrected chi connectivity index (χ2v) is 4.86. The minimum atomic E-state index is -0.781. The highest BCUT2D eigenvalue weighted by Crippen LogP contribution is 2.30. The van der Waals surface area contributed by atoms with Crippen molar-refractivity contribution in [3.05, 3.63) is 17.3 Å². The zero-order valence-electron chi connectivity index (χ0n) is 10.5. The molecule has 2 aromatic rings. The van der Waals surface area contributed by atoms with E-state index in [-0.39, 0.29) is 6.42 Å². The largest absolute Gasteiger partial charge is 0.496 e. The maximum Gasteiger partial charge on any atom is 0.303 e. The van der Waals surface area contributed by atoms with Crippen LogP contribution in [-0.2, 0) is 11.2 Å². The minimum absolute atomic E-state index is 0.170. The number of ether oxygens (including phenoxy) is 1. The third kappa shape index (κ3) is 3.78. The highest BCUT2D eigenvalue weighted by atomic mass is 32.1. The smallest absolute Gasteiger partial charge is 0.303 e. The lowest BCUT2D eigenvalue weighted by atomic mass is 10.2. The zero-order valence-corrected chi connectivity index (χ0v) is 11.3. The van der Waals surface area contributed by atoms with Crippen LogP contribution < -0.4 is 4.74 Å². The van der Waals surface area contributed by atoms with Crippen molar-refractivity contribution in [2.75, 3.05) is 7.11 Å². The summed E-state index contributed by atoms with van der Waals surface area (Å²) in [4.78, 5) is 11.2. The summed E-state index contributed by atoms with van der Waals surface area (Å²) in [6, 6.07) is 1.84. The second-order valence-electron chi connectivity index (χ2n) is 3.95. The van der Waals surface area contributed by atoms with E-state index in [4.69, 9.17) is 14.3 Å². The van der Waals surface area contributed by atoms with Crippen LogP contribution in [0.15, 0.2) is 15.9 Å². The van der Waals surface area contributed by atoms with Gasteiger partial charge in [-0.1, -0.05) is 0 Å². The lowest BCUT2D eigenvalue weighted by Gasteiger charge is -1.93. The standard InChI is InChI=1S/C12H14N2O4S/c1-17-8-6-9(19-7-8)12-14-13-10(18-12)4-2-3-5-11(15)16/h6-7H,2-5H2,1H3,(H,15,16). The molecule has 0 unspecified atom stereocenters. The summed E-state index contributed by atoms with van der Waals surface area (Å²) in [7, 11) is 1.60. The quantitative estimate of drug-likeness (QED) is 0.786. The van der Waals surface area contributed by atoms with Crippen molar-refractivity contribution in [1.29, 1.82) is 0 Å². The number of carbonyl (C=O) groups is 1. The number of methoxy groups -OCH3 is 1. The Bertz CT molecular complexity index is 549.